The molecule has 0 aliphatic rings. The second kappa shape index (κ2) is 23.7. The summed E-state index contributed by atoms with van der Waals surface area (Å²) < 4.78 is 10.7. The fourth-order valence-electron chi connectivity index (χ4n) is 4.16. The van der Waals surface area contributed by atoms with E-state index in [1.54, 1.807) is 0 Å². The molecule has 1 unspecified atom stereocenters. The predicted molar refractivity (Wildman–Crippen MR) is 144 cm³/mol. The molecular weight excluding hydrogens is 424 g/mol. The summed E-state index contributed by atoms with van der Waals surface area (Å²) in [5, 5.41) is 0. The highest BCUT2D eigenvalue weighted by atomic mass is 16.5. The van der Waals surface area contributed by atoms with E-state index in [4.69, 9.17) is 9.47 Å². The number of ether oxygens (including phenoxy) is 2. The topological polar surface area (TPSA) is 52.6 Å². The van der Waals surface area contributed by atoms with Crippen LogP contribution in [0.1, 0.15) is 150 Å². The number of hydrogen-bond acceptors (Lipinski definition) is 4. The van der Waals surface area contributed by atoms with Crippen molar-refractivity contribution in [3.05, 3.63) is 0 Å². The van der Waals surface area contributed by atoms with Crippen molar-refractivity contribution in [1.29, 1.82) is 0 Å². The van der Waals surface area contributed by atoms with Gasteiger partial charge in [-0.2, -0.15) is 0 Å². The fraction of sp³-hybridized carbons (Fsp3) is 0.933. The zero-order valence-corrected chi connectivity index (χ0v) is 23.5. The summed E-state index contributed by atoms with van der Waals surface area (Å²) in [6, 6.07) is 0. The van der Waals surface area contributed by atoms with Gasteiger partial charge in [0, 0.05) is 12.8 Å². The molecule has 0 saturated carbocycles. The first-order valence-corrected chi connectivity index (χ1v) is 14.6. The third-order valence-electron chi connectivity index (χ3n) is 6.55. The van der Waals surface area contributed by atoms with Gasteiger partial charge >= 0.3 is 11.9 Å². The number of hydrogen-bond donors (Lipinski definition) is 0. The lowest BCUT2D eigenvalue weighted by Crippen LogP contribution is -2.08. The number of carbonyl (C=O) groups is 2. The summed E-state index contributed by atoms with van der Waals surface area (Å²) in [5.74, 6) is 2.02. The predicted octanol–water partition coefficient (Wildman–Crippen LogP) is 9.04. The van der Waals surface area contributed by atoms with Gasteiger partial charge in [0.25, 0.3) is 0 Å². The summed E-state index contributed by atoms with van der Waals surface area (Å²) in [6.45, 7) is 12.3. The van der Waals surface area contributed by atoms with Crippen LogP contribution in [0.5, 0.6) is 0 Å². The first kappa shape index (κ1) is 32.9. The van der Waals surface area contributed by atoms with E-state index in [-0.39, 0.29) is 11.9 Å². The second-order valence-corrected chi connectivity index (χ2v) is 11.2. The average molecular weight is 483 g/mol. The first-order chi connectivity index (χ1) is 16.3. The van der Waals surface area contributed by atoms with Crippen LogP contribution < -0.4 is 0 Å². The Morgan fingerprint density at radius 2 is 0.882 bits per heavy atom. The van der Waals surface area contributed by atoms with Gasteiger partial charge in [0.05, 0.1) is 13.2 Å². The zero-order chi connectivity index (χ0) is 25.4. The van der Waals surface area contributed by atoms with Crippen LogP contribution in [0.4, 0.5) is 0 Å². The molecule has 0 bridgehead atoms. The third kappa shape index (κ3) is 25.6. The standard InChI is InChI=1S/C30H58O4/c1-26(2)18-14-16-24-33-29(31)21-13-11-9-7-6-8-10-12-20-28(5)22-23-30(32)34-25-17-15-19-27(3)4/h26-28H,6-25H2,1-5H3. The van der Waals surface area contributed by atoms with Crippen LogP contribution in [-0.2, 0) is 19.1 Å². The maximum absolute atomic E-state index is 11.8. The highest BCUT2D eigenvalue weighted by molar-refractivity contribution is 5.69. The largest absolute Gasteiger partial charge is 0.466 e. The van der Waals surface area contributed by atoms with E-state index >= 15 is 0 Å². The zero-order valence-electron chi connectivity index (χ0n) is 23.5. The Balaban J connectivity index is 3.37. The lowest BCUT2D eigenvalue weighted by molar-refractivity contribution is -0.145. The Hall–Kier alpha value is -1.06. The van der Waals surface area contributed by atoms with E-state index < -0.39 is 0 Å². The molecule has 4 nitrogen and oxygen atoms in total. The Kier molecular flexibility index (Phi) is 22.9. The van der Waals surface area contributed by atoms with Gasteiger partial charge in [-0.25, -0.2) is 0 Å². The summed E-state index contributed by atoms with van der Waals surface area (Å²) in [4.78, 5) is 23.6. The van der Waals surface area contributed by atoms with Crippen LogP contribution in [0.15, 0.2) is 0 Å². The lowest BCUT2D eigenvalue weighted by Gasteiger charge is -2.11. The molecule has 0 aliphatic heterocycles. The van der Waals surface area contributed by atoms with Crippen molar-refractivity contribution in [3.63, 3.8) is 0 Å². The molecule has 0 rings (SSSR count). The monoisotopic (exact) mass is 482 g/mol. The molecule has 4 heteroatoms. The molecule has 0 aromatic heterocycles. The molecule has 34 heavy (non-hydrogen) atoms. The molecule has 0 saturated heterocycles. The van der Waals surface area contributed by atoms with Gasteiger partial charge in [0.15, 0.2) is 0 Å². The van der Waals surface area contributed by atoms with Crippen LogP contribution in [0.25, 0.3) is 0 Å². The number of unbranched alkanes of at least 4 members (excludes halogenated alkanes) is 9. The molecule has 0 radical (unpaired) electrons. The minimum Gasteiger partial charge on any atom is -0.466 e. The summed E-state index contributed by atoms with van der Waals surface area (Å²) in [7, 11) is 0. The number of esters is 2. The Morgan fingerprint density at radius 3 is 1.38 bits per heavy atom. The van der Waals surface area contributed by atoms with Gasteiger partial charge < -0.3 is 9.47 Å². The van der Waals surface area contributed by atoms with Crippen LogP contribution in [0, 0.1) is 17.8 Å². The van der Waals surface area contributed by atoms with E-state index in [1.165, 1.54) is 57.8 Å². The second-order valence-electron chi connectivity index (χ2n) is 11.2. The van der Waals surface area contributed by atoms with Crippen LogP contribution in [0.2, 0.25) is 0 Å². The molecule has 0 amide bonds. The van der Waals surface area contributed by atoms with Crippen molar-refractivity contribution in [3.8, 4) is 0 Å². The van der Waals surface area contributed by atoms with E-state index in [9.17, 15) is 9.59 Å². The molecule has 0 aliphatic carbocycles. The van der Waals surface area contributed by atoms with Crippen LogP contribution >= 0.6 is 0 Å². The van der Waals surface area contributed by atoms with Gasteiger partial charge in [0.1, 0.15) is 0 Å². The molecular formula is C30H58O4. The summed E-state index contributed by atoms with van der Waals surface area (Å²) in [5.41, 5.74) is 0. The minimum absolute atomic E-state index is 0.0198. The van der Waals surface area contributed by atoms with Gasteiger partial charge in [-0.05, 0) is 56.3 Å². The Morgan fingerprint density at radius 1 is 0.471 bits per heavy atom. The first-order valence-electron chi connectivity index (χ1n) is 14.6. The minimum atomic E-state index is -0.0219. The normalized spacial score (nSPS) is 12.3. The maximum atomic E-state index is 11.8. The smallest absolute Gasteiger partial charge is 0.305 e. The van der Waals surface area contributed by atoms with Gasteiger partial charge in [-0.3, -0.25) is 9.59 Å². The Labute approximate surface area is 212 Å². The van der Waals surface area contributed by atoms with E-state index in [2.05, 4.69) is 34.6 Å². The SMILES string of the molecule is CC(C)CCCCOC(=O)CCCCCCCCCCC(C)CCC(=O)OCCCCC(C)C. The van der Waals surface area contributed by atoms with Crippen molar-refractivity contribution in [2.24, 2.45) is 17.8 Å². The van der Waals surface area contributed by atoms with Crippen LogP contribution in [-0.4, -0.2) is 25.2 Å². The van der Waals surface area contributed by atoms with Crippen molar-refractivity contribution < 1.29 is 19.1 Å². The fourth-order valence-corrected chi connectivity index (χ4v) is 4.16. The Bertz CT molecular complexity index is 472. The molecule has 0 aromatic carbocycles. The third-order valence-corrected chi connectivity index (χ3v) is 6.55. The molecule has 1 atom stereocenters. The van der Waals surface area contributed by atoms with Gasteiger partial charge in [0.2, 0.25) is 0 Å². The van der Waals surface area contributed by atoms with Crippen molar-refractivity contribution in [1.82, 2.24) is 0 Å². The highest BCUT2D eigenvalue weighted by Crippen LogP contribution is 2.17. The van der Waals surface area contributed by atoms with Crippen molar-refractivity contribution in [2.75, 3.05) is 13.2 Å². The average Bonchev–Trinajstić information content (AvgIpc) is 2.78. The van der Waals surface area contributed by atoms with Crippen molar-refractivity contribution in [2.45, 2.75) is 150 Å². The number of carbonyl (C=O) groups excluding carboxylic acids is 2. The quantitative estimate of drug-likeness (QED) is 0.102. The molecule has 0 heterocycles. The summed E-state index contributed by atoms with van der Waals surface area (Å²) >= 11 is 0. The molecule has 202 valence electrons. The van der Waals surface area contributed by atoms with E-state index in [0.29, 0.717) is 32.0 Å². The van der Waals surface area contributed by atoms with Gasteiger partial charge in [-0.15, -0.1) is 0 Å². The lowest BCUT2D eigenvalue weighted by atomic mass is 9.97. The molecule has 0 spiro atoms. The molecule has 0 fully saturated rings. The maximum Gasteiger partial charge on any atom is 0.305 e. The van der Waals surface area contributed by atoms with Gasteiger partial charge in [-0.1, -0.05) is 98.8 Å². The molecule has 0 aromatic rings. The van der Waals surface area contributed by atoms with E-state index in [1.807, 2.05) is 0 Å². The molecule has 0 N–H and O–H groups in total. The van der Waals surface area contributed by atoms with Crippen molar-refractivity contribution >= 4 is 11.9 Å². The number of rotatable bonds is 24. The summed E-state index contributed by atoms with van der Waals surface area (Å²) in [6.07, 6.45) is 19.7. The highest BCUT2D eigenvalue weighted by Gasteiger charge is 2.08. The van der Waals surface area contributed by atoms with Crippen LogP contribution in [0.3, 0.4) is 0 Å². The van der Waals surface area contributed by atoms with E-state index in [0.717, 1.165) is 56.8 Å².